The minimum Gasteiger partial charge on any atom is -0.388 e. The van der Waals surface area contributed by atoms with Crippen LogP contribution in [0.5, 0.6) is 0 Å². The lowest BCUT2D eigenvalue weighted by molar-refractivity contribution is 0.420. The maximum absolute atomic E-state index is 8.31. The molecule has 1 heterocycles. The Balaban J connectivity index is 1.58. The Kier molecular flexibility index (Phi) is 6.67. The van der Waals surface area contributed by atoms with Crippen LogP contribution in [-0.2, 0) is 0 Å². The van der Waals surface area contributed by atoms with Crippen molar-refractivity contribution in [3.8, 4) is 0 Å². The van der Waals surface area contributed by atoms with Gasteiger partial charge in [-0.2, -0.15) is 0 Å². The van der Waals surface area contributed by atoms with Crippen molar-refractivity contribution in [3.05, 3.63) is 22.8 Å². The van der Waals surface area contributed by atoms with Gasteiger partial charge in [0.05, 0.1) is 0 Å². The zero-order valence-corrected chi connectivity index (χ0v) is 15.2. The lowest BCUT2D eigenvalue weighted by Crippen LogP contribution is -2.25. The predicted molar refractivity (Wildman–Crippen MR) is 102 cm³/mol. The highest BCUT2D eigenvalue weighted by Gasteiger charge is 2.24. The summed E-state index contributed by atoms with van der Waals surface area (Å²) < 4.78 is 0. The molecule has 0 spiro atoms. The van der Waals surface area contributed by atoms with Crippen LogP contribution in [0.4, 0.5) is 0 Å². The molecule has 0 aromatic carbocycles. The molecule has 2 saturated carbocycles. The molecule has 0 aromatic heterocycles. The van der Waals surface area contributed by atoms with E-state index in [1.165, 1.54) is 88.4 Å². The second kappa shape index (κ2) is 8.96. The molecule has 3 rings (SSSR count). The fourth-order valence-corrected chi connectivity index (χ4v) is 5.19. The highest BCUT2D eigenvalue weighted by molar-refractivity contribution is 8.18. The van der Waals surface area contributed by atoms with Crippen molar-refractivity contribution in [2.75, 3.05) is 0 Å². The highest BCUT2D eigenvalue weighted by Crippen LogP contribution is 2.41. The maximum atomic E-state index is 8.31. The van der Waals surface area contributed by atoms with Gasteiger partial charge in [0.15, 0.2) is 0 Å². The van der Waals surface area contributed by atoms with Crippen molar-refractivity contribution in [1.29, 1.82) is 5.41 Å². The van der Waals surface area contributed by atoms with Crippen molar-refractivity contribution < 1.29 is 0 Å². The van der Waals surface area contributed by atoms with Crippen molar-refractivity contribution in [2.45, 2.75) is 89.5 Å². The summed E-state index contributed by atoms with van der Waals surface area (Å²) in [6.45, 7) is 0. The largest absolute Gasteiger partial charge is 0.388 e. The minimum absolute atomic E-state index is 0.621. The van der Waals surface area contributed by atoms with Gasteiger partial charge in [-0.1, -0.05) is 69.5 Å². The van der Waals surface area contributed by atoms with E-state index in [0.29, 0.717) is 6.04 Å². The van der Waals surface area contributed by atoms with Gasteiger partial charge in [0, 0.05) is 17.8 Å². The SMILES string of the molecule is N=C1SC(C2CCCCCC2)=C/C1=C/NC1CCCCCCC1. The lowest BCUT2D eigenvalue weighted by atomic mass is 9.97. The van der Waals surface area contributed by atoms with E-state index in [1.807, 2.05) is 0 Å². The first-order chi connectivity index (χ1) is 11.3. The van der Waals surface area contributed by atoms with Gasteiger partial charge in [0.2, 0.25) is 0 Å². The van der Waals surface area contributed by atoms with Crippen molar-refractivity contribution in [3.63, 3.8) is 0 Å². The van der Waals surface area contributed by atoms with Crippen LogP contribution in [0.15, 0.2) is 22.8 Å². The molecule has 3 heteroatoms. The molecule has 0 radical (unpaired) electrons. The van der Waals surface area contributed by atoms with Crippen LogP contribution in [0.3, 0.4) is 0 Å². The molecule has 0 aromatic rings. The molecule has 1 aliphatic heterocycles. The van der Waals surface area contributed by atoms with Gasteiger partial charge in [-0.15, -0.1) is 0 Å². The molecule has 2 aliphatic carbocycles. The summed E-state index contributed by atoms with van der Waals surface area (Å²) in [5, 5.41) is 12.7. The van der Waals surface area contributed by atoms with E-state index < -0.39 is 0 Å². The van der Waals surface area contributed by atoms with Gasteiger partial charge in [-0.05, 0) is 42.6 Å². The molecule has 2 nitrogen and oxygen atoms in total. The van der Waals surface area contributed by atoms with Gasteiger partial charge in [0.25, 0.3) is 0 Å². The average Bonchev–Trinajstić information content (AvgIpc) is 2.74. The number of hydrogen-bond acceptors (Lipinski definition) is 3. The van der Waals surface area contributed by atoms with E-state index in [2.05, 4.69) is 17.6 Å². The van der Waals surface area contributed by atoms with E-state index in [4.69, 9.17) is 5.41 Å². The zero-order chi connectivity index (χ0) is 15.9. The molecule has 0 saturated heterocycles. The highest BCUT2D eigenvalue weighted by atomic mass is 32.2. The quantitative estimate of drug-likeness (QED) is 0.608. The molecule has 0 amide bonds. The Morgan fingerprint density at radius 2 is 1.43 bits per heavy atom. The second-order valence-corrected chi connectivity index (χ2v) is 8.56. The van der Waals surface area contributed by atoms with Crippen LogP contribution in [0.1, 0.15) is 83.5 Å². The molecule has 0 atom stereocenters. The Hall–Kier alpha value is -0.700. The predicted octanol–water partition coefficient (Wildman–Crippen LogP) is 6.15. The van der Waals surface area contributed by atoms with Gasteiger partial charge in [-0.25, -0.2) is 0 Å². The number of nitrogens with one attached hydrogen (secondary N) is 2. The van der Waals surface area contributed by atoms with E-state index in [9.17, 15) is 0 Å². The first-order valence-corrected chi connectivity index (χ1v) is 10.6. The van der Waals surface area contributed by atoms with Crippen LogP contribution in [-0.4, -0.2) is 11.1 Å². The summed E-state index contributed by atoms with van der Waals surface area (Å²) in [5.41, 5.74) is 1.12. The molecular formula is C20H32N2S. The van der Waals surface area contributed by atoms with Crippen LogP contribution < -0.4 is 5.32 Å². The Morgan fingerprint density at radius 3 is 2.09 bits per heavy atom. The zero-order valence-electron chi connectivity index (χ0n) is 14.4. The number of rotatable bonds is 3. The number of hydrogen-bond donors (Lipinski definition) is 2. The summed E-state index contributed by atoms with van der Waals surface area (Å²) in [5.74, 6) is 0.718. The van der Waals surface area contributed by atoms with Gasteiger partial charge < -0.3 is 5.32 Å². The van der Waals surface area contributed by atoms with E-state index in [0.717, 1.165) is 16.5 Å². The van der Waals surface area contributed by atoms with Crippen LogP contribution in [0.25, 0.3) is 0 Å². The number of allylic oxidation sites excluding steroid dienone is 2. The molecule has 0 unspecified atom stereocenters. The van der Waals surface area contributed by atoms with Gasteiger partial charge in [0.1, 0.15) is 5.04 Å². The Bertz CT molecular complexity index is 450. The summed E-state index contributed by atoms with van der Waals surface area (Å²) >= 11 is 1.72. The summed E-state index contributed by atoms with van der Waals surface area (Å²) in [4.78, 5) is 1.46. The Labute approximate surface area is 146 Å². The topological polar surface area (TPSA) is 35.9 Å². The Morgan fingerprint density at radius 1 is 0.870 bits per heavy atom. The van der Waals surface area contributed by atoms with E-state index in [1.54, 1.807) is 11.8 Å². The summed E-state index contributed by atoms with van der Waals surface area (Å²) in [6.07, 6.45) is 22.2. The third-order valence-electron chi connectivity index (χ3n) is 5.62. The average molecular weight is 333 g/mol. The van der Waals surface area contributed by atoms with Crippen molar-refractivity contribution in [2.24, 2.45) is 5.92 Å². The first-order valence-electron chi connectivity index (χ1n) is 9.77. The molecule has 2 fully saturated rings. The third-order valence-corrected chi connectivity index (χ3v) is 6.74. The monoisotopic (exact) mass is 332 g/mol. The van der Waals surface area contributed by atoms with Gasteiger partial charge in [-0.3, -0.25) is 5.41 Å². The summed E-state index contributed by atoms with van der Waals surface area (Å²) in [7, 11) is 0. The molecule has 0 bridgehead atoms. The fourth-order valence-electron chi connectivity index (χ4n) is 4.13. The van der Waals surface area contributed by atoms with Crippen LogP contribution in [0.2, 0.25) is 0 Å². The molecule has 23 heavy (non-hydrogen) atoms. The van der Waals surface area contributed by atoms with Crippen molar-refractivity contribution >= 4 is 16.8 Å². The second-order valence-electron chi connectivity index (χ2n) is 7.47. The number of thioether (sulfide) groups is 1. The smallest absolute Gasteiger partial charge is 0.100 e. The molecular weight excluding hydrogens is 300 g/mol. The minimum atomic E-state index is 0.621. The fraction of sp³-hybridized carbons (Fsp3) is 0.750. The maximum Gasteiger partial charge on any atom is 0.100 e. The molecule has 128 valence electrons. The van der Waals surface area contributed by atoms with E-state index >= 15 is 0 Å². The standard InChI is InChI=1S/C20H32N2S/c21-20-17(15-22-18-12-8-2-1-3-9-13-18)14-19(23-20)16-10-6-4-5-7-11-16/h14-16,18,21-22H,1-13H2/b17-15-,21-20?. The van der Waals surface area contributed by atoms with Gasteiger partial charge >= 0.3 is 0 Å². The normalized spacial score (nSPS) is 27.4. The molecule has 3 aliphatic rings. The lowest BCUT2D eigenvalue weighted by Gasteiger charge is -2.20. The molecule has 2 N–H and O–H groups in total. The first kappa shape index (κ1) is 17.1. The van der Waals surface area contributed by atoms with Crippen molar-refractivity contribution in [1.82, 2.24) is 5.32 Å². The van der Waals surface area contributed by atoms with E-state index in [-0.39, 0.29) is 0 Å². The third kappa shape index (κ3) is 5.14. The van der Waals surface area contributed by atoms with Crippen LogP contribution >= 0.6 is 11.8 Å². The van der Waals surface area contributed by atoms with Crippen LogP contribution in [0, 0.1) is 11.3 Å². The summed E-state index contributed by atoms with van der Waals surface area (Å²) in [6, 6.07) is 0.621.